The number of carboxylic acid groups (broad SMARTS) is 1. The van der Waals surface area contributed by atoms with Crippen molar-refractivity contribution in [2.45, 2.75) is 20.3 Å². The van der Waals surface area contributed by atoms with Crippen LogP contribution in [0.15, 0.2) is 0 Å². The van der Waals surface area contributed by atoms with Crippen molar-refractivity contribution in [1.82, 2.24) is 0 Å². The lowest BCUT2D eigenvalue weighted by molar-refractivity contribution is -0.125. The van der Waals surface area contributed by atoms with Crippen molar-refractivity contribution in [2.75, 3.05) is 0 Å². The maximum atomic E-state index is 10.0. The molecule has 0 amide bonds. The van der Waals surface area contributed by atoms with Crippen LogP contribution in [0.25, 0.3) is 0 Å². The van der Waals surface area contributed by atoms with Gasteiger partial charge in [0.15, 0.2) is 0 Å². The van der Waals surface area contributed by atoms with Crippen molar-refractivity contribution in [1.29, 1.82) is 0 Å². The highest BCUT2D eigenvalue weighted by Gasteiger charge is 1.94. The standard InChI is InChI=1S/C5H8O2.CH2O2/c1-4(6)3-5(2)7;2-1-3/h3H2,1-2H3;1H,(H,2,3). The number of Topliss-reactive ketones (excluding diaryl/α,β-unsaturated/α-hetero) is 2. The Morgan fingerprint density at radius 3 is 1.50 bits per heavy atom. The molecule has 0 unspecified atom stereocenters. The monoisotopic (exact) mass is 146 g/mol. The fourth-order valence-corrected chi connectivity index (χ4v) is 0.351. The Labute approximate surface area is 58.8 Å². The first kappa shape index (κ1) is 11.6. The van der Waals surface area contributed by atoms with Crippen molar-refractivity contribution in [3.63, 3.8) is 0 Å². The topological polar surface area (TPSA) is 71.4 Å². The molecule has 1 N–H and O–H groups in total. The summed E-state index contributed by atoms with van der Waals surface area (Å²) in [7, 11) is 0. The second-order valence-electron chi connectivity index (χ2n) is 1.69. The predicted molar refractivity (Wildman–Crippen MR) is 34.7 cm³/mol. The first-order valence-electron chi connectivity index (χ1n) is 2.61. The average molecular weight is 146 g/mol. The molecule has 4 heteroatoms. The normalized spacial score (nSPS) is 7.00. The van der Waals surface area contributed by atoms with Crippen LogP contribution in [-0.4, -0.2) is 23.1 Å². The summed E-state index contributed by atoms with van der Waals surface area (Å²) in [6.07, 6.45) is 0.0833. The highest BCUT2D eigenvalue weighted by Crippen LogP contribution is 1.80. The minimum absolute atomic E-state index is 0.0625. The van der Waals surface area contributed by atoms with Crippen LogP contribution in [0.2, 0.25) is 0 Å². The average Bonchev–Trinajstić information content (AvgIpc) is 1.62. The first-order chi connectivity index (χ1) is 4.54. The van der Waals surface area contributed by atoms with Crippen LogP contribution in [0.5, 0.6) is 0 Å². The van der Waals surface area contributed by atoms with Gasteiger partial charge in [0.25, 0.3) is 6.47 Å². The van der Waals surface area contributed by atoms with Crippen LogP contribution in [-0.2, 0) is 14.4 Å². The highest BCUT2D eigenvalue weighted by atomic mass is 16.3. The maximum absolute atomic E-state index is 10.0. The van der Waals surface area contributed by atoms with E-state index in [1.807, 2.05) is 0 Å². The van der Waals surface area contributed by atoms with E-state index in [9.17, 15) is 9.59 Å². The summed E-state index contributed by atoms with van der Waals surface area (Å²) in [5, 5.41) is 6.89. The summed E-state index contributed by atoms with van der Waals surface area (Å²) in [6.45, 7) is 2.56. The fraction of sp³-hybridized carbons (Fsp3) is 0.500. The van der Waals surface area contributed by atoms with Crippen LogP contribution in [0.4, 0.5) is 0 Å². The summed E-state index contributed by atoms with van der Waals surface area (Å²) in [4.78, 5) is 28.4. The molecule has 0 rings (SSSR count). The highest BCUT2D eigenvalue weighted by molar-refractivity contribution is 5.96. The molecule has 0 radical (unpaired) electrons. The third-order valence-electron chi connectivity index (χ3n) is 0.498. The van der Waals surface area contributed by atoms with Gasteiger partial charge >= 0.3 is 0 Å². The lowest BCUT2D eigenvalue weighted by Gasteiger charge is -1.81. The van der Waals surface area contributed by atoms with Gasteiger partial charge < -0.3 is 5.11 Å². The Morgan fingerprint density at radius 1 is 1.30 bits per heavy atom. The molecule has 0 aliphatic heterocycles. The Bertz CT molecular complexity index is 116. The van der Waals surface area contributed by atoms with Crippen molar-refractivity contribution >= 4 is 18.0 Å². The van der Waals surface area contributed by atoms with Gasteiger partial charge in [-0.05, 0) is 13.8 Å². The van der Waals surface area contributed by atoms with Crippen LogP contribution < -0.4 is 0 Å². The van der Waals surface area contributed by atoms with Crippen molar-refractivity contribution in [3.8, 4) is 0 Å². The third-order valence-corrected chi connectivity index (χ3v) is 0.498. The summed E-state index contributed by atoms with van der Waals surface area (Å²) in [5.74, 6) is -0.125. The van der Waals surface area contributed by atoms with E-state index in [0.29, 0.717) is 0 Å². The zero-order valence-electron chi connectivity index (χ0n) is 5.96. The van der Waals surface area contributed by atoms with E-state index >= 15 is 0 Å². The van der Waals surface area contributed by atoms with Gasteiger partial charge in [0.05, 0.1) is 6.42 Å². The zero-order chi connectivity index (χ0) is 8.57. The molecule has 0 spiro atoms. The number of hydrogen-bond acceptors (Lipinski definition) is 3. The van der Waals surface area contributed by atoms with E-state index in [1.165, 1.54) is 13.8 Å². The van der Waals surface area contributed by atoms with Crippen molar-refractivity contribution in [3.05, 3.63) is 0 Å². The van der Waals surface area contributed by atoms with Crippen LogP contribution >= 0.6 is 0 Å². The number of carbonyl (C=O) groups is 3. The fourth-order valence-electron chi connectivity index (χ4n) is 0.351. The number of ketones is 2. The second-order valence-corrected chi connectivity index (χ2v) is 1.69. The lowest BCUT2D eigenvalue weighted by atomic mass is 10.2. The Hall–Kier alpha value is -1.19. The molecule has 0 aliphatic carbocycles. The molecule has 0 aromatic carbocycles. The predicted octanol–water partition coefficient (Wildman–Crippen LogP) is 0.255. The van der Waals surface area contributed by atoms with Gasteiger partial charge in [-0.1, -0.05) is 0 Å². The van der Waals surface area contributed by atoms with Crippen LogP contribution in [0.3, 0.4) is 0 Å². The van der Waals surface area contributed by atoms with Crippen LogP contribution in [0.1, 0.15) is 20.3 Å². The number of rotatable bonds is 2. The number of hydrogen-bond donors (Lipinski definition) is 1. The van der Waals surface area contributed by atoms with E-state index in [4.69, 9.17) is 9.90 Å². The van der Waals surface area contributed by atoms with E-state index in [-0.39, 0.29) is 24.5 Å². The molecular formula is C6H10O4. The molecule has 58 valence electrons. The van der Waals surface area contributed by atoms with Gasteiger partial charge in [-0.2, -0.15) is 0 Å². The van der Waals surface area contributed by atoms with E-state index in [2.05, 4.69) is 0 Å². The molecule has 0 aliphatic rings. The summed E-state index contributed by atoms with van der Waals surface area (Å²) in [6, 6.07) is 0. The minimum Gasteiger partial charge on any atom is -0.483 e. The molecule has 0 aromatic rings. The molecule has 0 atom stereocenters. The molecule has 0 saturated carbocycles. The Kier molecular flexibility index (Phi) is 9.05. The number of carbonyl (C=O) groups excluding carboxylic acids is 2. The Morgan fingerprint density at radius 2 is 1.50 bits per heavy atom. The van der Waals surface area contributed by atoms with E-state index < -0.39 is 0 Å². The molecule has 0 fully saturated rings. The SMILES string of the molecule is CC(=O)CC(C)=O.O=CO. The molecule has 10 heavy (non-hydrogen) atoms. The van der Waals surface area contributed by atoms with Gasteiger partial charge in [-0.15, -0.1) is 0 Å². The maximum Gasteiger partial charge on any atom is 0.290 e. The van der Waals surface area contributed by atoms with Gasteiger partial charge in [-0.25, -0.2) is 0 Å². The van der Waals surface area contributed by atoms with Gasteiger partial charge in [0.1, 0.15) is 11.6 Å². The Balaban J connectivity index is 0. The largest absolute Gasteiger partial charge is 0.483 e. The van der Waals surface area contributed by atoms with Gasteiger partial charge in [0, 0.05) is 0 Å². The summed E-state index contributed by atoms with van der Waals surface area (Å²) >= 11 is 0. The molecular weight excluding hydrogens is 136 g/mol. The van der Waals surface area contributed by atoms with Gasteiger partial charge in [-0.3, -0.25) is 14.4 Å². The summed E-state index contributed by atoms with van der Waals surface area (Å²) < 4.78 is 0. The quantitative estimate of drug-likeness (QED) is 0.448. The minimum atomic E-state index is -0.250. The third kappa shape index (κ3) is 29.1. The van der Waals surface area contributed by atoms with E-state index in [0.717, 1.165) is 0 Å². The van der Waals surface area contributed by atoms with Crippen LogP contribution in [0, 0.1) is 0 Å². The second kappa shape index (κ2) is 7.81. The summed E-state index contributed by atoms with van der Waals surface area (Å²) in [5.41, 5.74) is 0. The smallest absolute Gasteiger partial charge is 0.290 e. The first-order valence-corrected chi connectivity index (χ1v) is 2.61. The van der Waals surface area contributed by atoms with Gasteiger partial charge in [0.2, 0.25) is 0 Å². The molecule has 4 nitrogen and oxygen atoms in total. The molecule has 0 aromatic heterocycles. The lowest BCUT2D eigenvalue weighted by Crippen LogP contribution is -1.97. The zero-order valence-corrected chi connectivity index (χ0v) is 5.96. The molecule has 0 heterocycles. The molecule has 0 saturated heterocycles. The van der Waals surface area contributed by atoms with Crippen molar-refractivity contribution < 1.29 is 19.5 Å². The van der Waals surface area contributed by atoms with Crippen molar-refractivity contribution in [2.24, 2.45) is 0 Å². The molecule has 0 bridgehead atoms. The van der Waals surface area contributed by atoms with E-state index in [1.54, 1.807) is 0 Å².